The zero-order chi connectivity index (χ0) is 12.7. The van der Waals surface area contributed by atoms with Crippen LogP contribution < -0.4 is 0 Å². The van der Waals surface area contributed by atoms with E-state index in [9.17, 15) is 14.3 Å². The molecule has 1 saturated carbocycles. The molecule has 2 aliphatic rings. The number of carbonyl (C=O) groups is 1. The van der Waals surface area contributed by atoms with Crippen LogP contribution in [0.25, 0.3) is 5.76 Å². The number of amides is 1. The van der Waals surface area contributed by atoms with Crippen molar-refractivity contribution >= 4 is 11.7 Å². The van der Waals surface area contributed by atoms with Crippen molar-refractivity contribution in [1.29, 1.82) is 0 Å². The molecule has 0 unspecified atom stereocenters. The van der Waals surface area contributed by atoms with Crippen LogP contribution in [0.2, 0.25) is 0 Å². The van der Waals surface area contributed by atoms with Gasteiger partial charge in [-0.25, -0.2) is 4.39 Å². The number of aliphatic hydroxyl groups excluding tert-OH is 1. The van der Waals surface area contributed by atoms with Gasteiger partial charge in [0.1, 0.15) is 11.6 Å². The Morgan fingerprint density at radius 1 is 1.28 bits per heavy atom. The van der Waals surface area contributed by atoms with Crippen LogP contribution in [0.1, 0.15) is 35.2 Å². The molecule has 3 nitrogen and oxygen atoms in total. The van der Waals surface area contributed by atoms with Crippen molar-refractivity contribution in [2.45, 2.75) is 19.3 Å². The molecule has 1 aliphatic carbocycles. The average Bonchev–Trinajstić information content (AvgIpc) is 3.09. The van der Waals surface area contributed by atoms with E-state index in [1.165, 1.54) is 12.1 Å². The van der Waals surface area contributed by atoms with Crippen molar-refractivity contribution in [3.05, 3.63) is 40.7 Å². The maximum absolute atomic E-state index is 13.9. The van der Waals surface area contributed by atoms with Crippen molar-refractivity contribution < 1.29 is 14.3 Å². The first-order chi connectivity index (χ1) is 8.66. The summed E-state index contributed by atoms with van der Waals surface area (Å²) < 4.78 is 13.9. The number of allylic oxidation sites excluding steroid dienone is 1. The molecule has 1 heterocycles. The first-order valence-electron chi connectivity index (χ1n) is 6.17. The third-order valence-electron chi connectivity index (χ3n) is 3.50. The van der Waals surface area contributed by atoms with Gasteiger partial charge in [-0.05, 0) is 37.0 Å². The lowest BCUT2D eigenvalue weighted by atomic mass is 9.89. The van der Waals surface area contributed by atoms with Gasteiger partial charge < -0.3 is 10.0 Å². The van der Waals surface area contributed by atoms with Crippen LogP contribution in [-0.2, 0) is 0 Å². The highest BCUT2D eigenvalue weighted by Gasteiger charge is 2.27. The van der Waals surface area contributed by atoms with Crippen LogP contribution in [0.4, 0.5) is 4.39 Å². The van der Waals surface area contributed by atoms with Gasteiger partial charge in [0.25, 0.3) is 5.91 Å². The molecule has 0 aromatic heterocycles. The van der Waals surface area contributed by atoms with Gasteiger partial charge in [-0.2, -0.15) is 0 Å². The highest BCUT2D eigenvalue weighted by atomic mass is 19.1. The van der Waals surface area contributed by atoms with Gasteiger partial charge in [0.05, 0.1) is 5.56 Å². The van der Waals surface area contributed by atoms with Gasteiger partial charge in [-0.3, -0.25) is 4.79 Å². The molecule has 1 aromatic carbocycles. The molecule has 3 rings (SSSR count). The number of halogens is 1. The standard InChI is InChI=1S/C14H14FNO2/c15-12-8-10(13(17)9-2-1-3-9)4-5-11(12)14(18)16-6-7-16/h4-5,8,17H,1-3,6-7H2. The molecule has 1 N–H and O–H groups in total. The summed E-state index contributed by atoms with van der Waals surface area (Å²) in [5.74, 6) is -0.656. The van der Waals surface area contributed by atoms with Gasteiger partial charge in [-0.1, -0.05) is 6.07 Å². The van der Waals surface area contributed by atoms with Crippen molar-refractivity contribution in [2.75, 3.05) is 13.1 Å². The number of hydrogen-bond acceptors (Lipinski definition) is 2. The van der Waals surface area contributed by atoms with Crippen LogP contribution in [0.15, 0.2) is 23.8 Å². The summed E-state index contributed by atoms with van der Waals surface area (Å²) >= 11 is 0. The summed E-state index contributed by atoms with van der Waals surface area (Å²) in [5.41, 5.74) is 1.52. The summed E-state index contributed by atoms with van der Waals surface area (Å²) in [4.78, 5) is 13.3. The molecule has 4 heteroatoms. The second-order valence-electron chi connectivity index (χ2n) is 4.79. The predicted molar refractivity (Wildman–Crippen MR) is 65.7 cm³/mol. The van der Waals surface area contributed by atoms with Crippen molar-refractivity contribution in [2.24, 2.45) is 0 Å². The van der Waals surface area contributed by atoms with Gasteiger partial charge in [0, 0.05) is 18.7 Å². The molecular formula is C14H14FNO2. The van der Waals surface area contributed by atoms with Gasteiger partial charge in [-0.15, -0.1) is 0 Å². The summed E-state index contributed by atoms with van der Waals surface area (Å²) in [5, 5.41) is 9.93. The maximum atomic E-state index is 13.9. The molecule has 94 valence electrons. The van der Waals surface area contributed by atoms with E-state index in [2.05, 4.69) is 0 Å². The normalized spacial score (nSPS) is 17.4. The lowest BCUT2D eigenvalue weighted by Gasteiger charge is -2.18. The second-order valence-corrected chi connectivity index (χ2v) is 4.79. The number of aliphatic hydroxyl groups is 1. The van der Waals surface area contributed by atoms with E-state index in [0.29, 0.717) is 18.7 Å². The molecule has 1 amide bonds. The molecule has 0 radical (unpaired) electrons. The molecule has 1 saturated heterocycles. The average molecular weight is 247 g/mol. The Hall–Kier alpha value is -1.84. The molecular weight excluding hydrogens is 233 g/mol. The predicted octanol–water partition coefficient (Wildman–Crippen LogP) is 2.73. The van der Waals surface area contributed by atoms with E-state index in [4.69, 9.17) is 0 Å². The highest BCUT2D eigenvalue weighted by Crippen LogP contribution is 2.32. The molecule has 0 spiro atoms. The minimum absolute atomic E-state index is 0.0858. The molecule has 2 fully saturated rings. The van der Waals surface area contributed by atoms with Crippen molar-refractivity contribution in [3.8, 4) is 0 Å². The summed E-state index contributed by atoms with van der Waals surface area (Å²) in [6.07, 6.45) is 2.83. The molecule has 1 aromatic rings. The van der Waals surface area contributed by atoms with E-state index in [1.807, 2.05) is 0 Å². The fraction of sp³-hybridized carbons (Fsp3) is 0.357. The Labute approximate surface area is 105 Å². The van der Waals surface area contributed by atoms with Gasteiger partial charge in [0.15, 0.2) is 0 Å². The summed E-state index contributed by atoms with van der Waals surface area (Å²) in [7, 11) is 0. The number of carbonyl (C=O) groups excluding carboxylic acids is 1. The first kappa shape index (κ1) is 11.3. The lowest BCUT2D eigenvalue weighted by Crippen LogP contribution is -2.13. The van der Waals surface area contributed by atoms with Gasteiger partial charge >= 0.3 is 0 Å². The third kappa shape index (κ3) is 1.88. The first-order valence-corrected chi connectivity index (χ1v) is 6.17. The van der Waals surface area contributed by atoms with Crippen LogP contribution in [0, 0.1) is 5.82 Å². The van der Waals surface area contributed by atoms with E-state index in [1.54, 1.807) is 11.0 Å². The molecule has 1 aliphatic heterocycles. The van der Waals surface area contributed by atoms with Crippen molar-refractivity contribution in [3.63, 3.8) is 0 Å². The topological polar surface area (TPSA) is 40.3 Å². The largest absolute Gasteiger partial charge is 0.507 e. The number of benzene rings is 1. The fourth-order valence-electron chi connectivity index (χ4n) is 2.05. The Morgan fingerprint density at radius 2 is 2.00 bits per heavy atom. The second kappa shape index (κ2) is 4.12. The monoisotopic (exact) mass is 247 g/mol. The Morgan fingerprint density at radius 3 is 2.50 bits per heavy atom. The Balaban J connectivity index is 1.91. The number of nitrogens with zero attached hydrogens (tertiary/aromatic N) is 1. The molecule has 18 heavy (non-hydrogen) atoms. The zero-order valence-corrected chi connectivity index (χ0v) is 9.95. The van der Waals surface area contributed by atoms with Crippen LogP contribution in [0.3, 0.4) is 0 Å². The summed E-state index contributed by atoms with van der Waals surface area (Å²) in [6.45, 7) is 1.41. The summed E-state index contributed by atoms with van der Waals surface area (Å²) in [6, 6.07) is 4.32. The third-order valence-corrected chi connectivity index (χ3v) is 3.50. The van der Waals surface area contributed by atoms with Gasteiger partial charge in [0.2, 0.25) is 0 Å². The minimum atomic E-state index is -0.559. The SMILES string of the molecule is O=C(c1ccc(C(O)=C2CCC2)cc1F)N1CC1. The quantitative estimate of drug-likeness (QED) is 0.644. The molecule has 0 atom stereocenters. The van der Waals surface area contributed by atoms with E-state index >= 15 is 0 Å². The van der Waals surface area contributed by atoms with Crippen LogP contribution >= 0.6 is 0 Å². The van der Waals surface area contributed by atoms with Crippen LogP contribution in [-0.4, -0.2) is 29.0 Å². The van der Waals surface area contributed by atoms with E-state index in [0.717, 1.165) is 24.8 Å². The van der Waals surface area contributed by atoms with Crippen molar-refractivity contribution in [1.82, 2.24) is 4.90 Å². The Bertz CT molecular complexity index is 541. The zero-order valence-electron chi connectivity index (χ0n) is 9.95. The molecule has 0 bridgehead atoms. The number of rotatable bonds is 2. The Kier molecular flexibility index (Phi) is 2.58. The van der Waals surface area contributed by atoms with E-state index in [-0.39, 0.29) is 17.2 Å². The van der Waals surface area contributed by atoms with Crippen LogP contribution in [0.5, 0.6) is 0 Å². The minimum Gasteiger partial charge on any atom is -0.507 e. The number of hydrogen-bond donors (Lipinski definition) is 1. The fourth-order valence-corrected chi connectivity index (χ4v) is 2.05. The van der Waals surface area contributed by atoms with E-state index < -0.39 is 5.82 Å². The maximum Gasteiger partial charge on any atom is 0.256 e. The highest BCUT2D eigenvalue weighted by molar-refractivity contribution is 5.96. The lowest BCUT2D eigenvalue weighted by molar-refractivity contribution is 0.0881. The smallest absolute Gasteiger partial charge is 0.256 e.